The molecule has 0 bridgehead atoms. The first-order chi connectivity index (χ1) is 13.0. The summed E-state index contributed by atoms with van der Waals surface area (Å²) in [7, 11) is 0. The van der Waals surface area contributed by atoms with Crippen molar-refractivity contribution in [3.8, 4) is 5.88 Å². The number of halogens is 1. The van der Waals surface area contributed by atoms with Crippen LogP contribution in [0.15, 0.2) is 36.5 Å². The highest BCUT2D eigenvalue weighted by molar-refractivity contribution is 6.32. The molecule has 1 atom stereocenters. The van der Waals surface area contributed by atoms with E-state index in [1.165, 1.54) is 17.2 Å². The van der Waals surface area contributed by atoms with Crippen molar-refractivity contribution in [1.29, 1.82) is 0 Å². The van der Waals surface area contributed by atoms with Crippen molar-refractivity contribution in [3.05, 3.63) is 58.2 Å². The van der Waals surface area contributed by atoms with Crippen molar-refractivity contribution in [3.63, 3.8) is 0 Å². The number of carbonyl (C=O) groups is 2. The Morgan fingerprint density at radius 3 is 2.67 bits per heavy atom. The zero-order chi connectivity index (χ0) is 19.0. The van der Waals surface area contributed by atoms with E-state index < -0.39 is 17.9 Å². The van der Waals surface area contributed by atoms with Crippen LogP contribution in [-0.2, 0) is 17.8 Å². The molecule has 2 heterocycles. The number of carbonyl (C=O) groups excluding carboxylic acids is 1. The highest BCUT2D eigenvalue weighted by Crippen LogP contribution is 2.31. The smallest absolute Gasteiger partial charge is 0.326 e. The molecule has 6 nitrogen and oxygen atoms in total. The van der Waals surface area contributed by atoms with Gasteiger partial charge >= 0.3 is 5.97 Å². The van der Waals surface area contributed by atoms with Crippen LogP contribution in [-0.4, -0.2) is 39.5 Å². The van der Waals surface area contributed by atoms with Crippen molar-refractivity contribution >= 4 is 23.5 Å². The third-order valence-electron chi connectivity index (χ3n) is 5.00. The number of amides is 1. The Kier molecular flexibility index (Phi) is 4.74. The topological polar surface area (TPSA) is 79.7 Å². The maximum Gasteiger partial charge on any atom is 0.326 e. The van der Waals surface area contributed by atoms with Crippen LogP contribution in [0.25, 0.3) is 0 Å². The van der Waals surface area contributed by atoms with E-state index in [-0.39, 0.29) is 23.6 Å². The highest BCUT2D eigenvalue weighted by atomic mass is 35.5. The normalized spacial score (nSPS) is 18.7. The van der Waals surface area contributed by atoms with Gasteiger partial charge in [0.1, 0.15) is 11.1 Å². The minimum atomic E-state index is -1.03. The molecule has 7 heteroatoms. The minimum absolute atomic E-state index is 0.240. The number of ether oxygens (including phenoxy) is 1. The molecular formula is C20H19ClN2O4. The molecule has 2 aliphatic rings. The number of nitrogens with zero attached hydrogens (tertiary/aromatic N) is 2. The number of fused-ring (bicyclic) bond motifs is 1. The Morgan fingerprint density at radius 2 is 2.00 bits per heavy atom. The molecule has 1 saturated carbocycles. The molecule has 1 aliphatic heterocycles. The van der Waals surface area contributed by atoms with E-state index in [4.69, 9.17) is 16.3 Å². The van der Waals surface area contributed by atoms with Crippen LogP contribution in [0.2, 0.25) is 5.02 Å². The number of hydrogen-bond donors (Lipinski definition) is 1. The molecule has 0 spiro atoms. The summed E-state index contributed by atoms with van der Waals surface area (Å²) in [4.78, 5) is 30.2. The molecule has 1 aromatic carbocycles. The van der Waals surface area contributed by atoms with Gasteiger partial charge in [-0.1, -0.05) is 35.9 Å². The fraction of sp³-hybridized carbons (Fsp3) is 0.350. The molecule has 1 aliphatic carbocycles. The molecule has 27 heavy (non-hydrogen) atoms. The van der Waals surface area contributed by atoms with Crippen LogP contribution in [0, 0.1) is 5.92 Å². The number of aromatic nitrogens is 1. The van der Waals surface area contributed by atoms with Gasteiger partial charge in [0.2, 0.25) is 5.88 Å². The number of benzene rings is 1. The molecule has 1 amide bonds. The molecule has 0 radical (unpaired) electrons. The van der Waals surface area contributed by atoms with Gasteiger partial charge in [0, 0.05) is 19.2 Å². The standard InChI is InChI=1S/C20H19ClN2O4/c21-16-7-15(9-22-18(16)27-11-12-5-6-12)19(24)23-10-14-4-2-1-3-13(14)8-17(23)20(25)26/h1-4,7,9,12,17H,5-6,8,10-11H2,(H,25,26). The van der Waals surface area contributed by atoms with Gasteiger partial charge in [-0.3, -0.25) is 4.79 Å². The maximum absolute atomic E-state index is 13.0. The third kappa shape index (κ3) is 3.76. The van der Waals surface area contributed by atoms with Crippen LogP contribution >= 0.6 is 11.6 Å². The molecule has 4 rings (SSSR count). The quantitative estimate of drug-likeness (QED) is 0.853. The number of carboxylic acids is 1. The lowest BCUT2D eigenvalue weighted by atomic mass is 9.93. The fourth-order valence-corrected chi connectivity index (χ4v) is 3.47. The second-order valence-corrected chi connectivity index (χ2v) is 7.43. The third-order valence-corrected chi connectivity index (χ3v) is 5.27. The zero-order valence-electron chi connectivity index (χ0n) is 14.6. The Balaban J connectivity index is 1.56. The maximum atomic E-state index is 13.0. The largest absolute Gasteiger partial charge is 0.480 e. The summed E-state index contributed by atoms with van der Waals surface area (Å²) in [5.41, 5.74) is 2.16. The van der Waals surface area contributed by atoms with Gasteiger partial charge in [0.05, 0.1) is 12.2 Å². The number of aliphatic carboxylic acids is 1. The van der Waals surface area contributed by atoms with Gasteiger partial charge in [-0.2, -0.15) is 0 Å². The summed E-state index contributed by atoms with van der Waals surface area (Å²) in [5.74, 6) is -0.561. The number of hydrogen-bond acceptors (Lipinski definition) is 4. The summed E-state index contributed by atoms with van der Waals surface area (Å²) < 4.78 is 5.58. The first-order valence-electron chi connectivity index (χ1n) is 8.92. The number of pyridine rings is 1. The minimum Gasteiger partial charge on any atom is -0.480 e. The van der Waals surface area contributed by atoms with Gasteiger partial charge < -0.3 is 14.7 Å². The monoisotopic (exact) mass is 386 g/mol. The Morgan fingerprint density at radius 1 is 1.26 bits per heavy atom. The van der Waals surface area contributed by atoms with Crippen molar-refractivity contribution in [2.45, 2.75) is 31.8 Å². The SMILES string of the molecule is O=C(O)C1Cc2ccccc2CN1C(=O)c1cnc(OCC2CC2)c(Cl)c1. The molecule has 1 fully saturated rings. The average Bonchev–Trinajstić information content (AvgIpc) is 3.49. The van der Waals surface area contributed by atoms with E-state index in [1.54, 1.807) is 0 Å². The van der Waals surface area contributed by atoms with Gasteiger partial charge in [0.25, 0.3) is 5.91 Å². The summed E-state index contributed by atoms with van der Waals surface area (Å²) in [6.45, 7) is 0.813. The molecule has 0 saturated heterocycles. The van der Waals surface area contributed by atoms with Gasteiger partial charge in [-0.15, -0.1) is 0 Å². The Hall–Kier alpha value is -2.60. The van der Waals surface area contributed by atoms with Crippen LogP contribution in [0.5, 0.6) is 5.88 Å². The van der Waals surface area contributed by atoms with E-state index in [0.717, 1.165) is 24.0 Å². The second kappa shape index (κ2) is 7.19. The number of carboxylic acid groups (broad SMARTS) is 1. The summed E-state index contributed by atoms with van der Waals surface area (Å²) in [5, 5.41) is 9.86. The van der Waals surface area contributed by atoms with E-state index in [9.17, 15) is 14.7 Å². The zero-order valence-corrected chi connectivity index (χ0v) is 15.4. The predicted molar refractivity (Wildman–Crippen MR) is 98.9 cm³/mol. The summed E-state index contributed by atoms with van der Waals surface area (Å²) >= 11 is 6.22. The summed E-state index contributed by atoms with van der Waals surface area (Å²) in [6.07, 6.45) is 3.99. The van der Waals surface area contributed by atoms with E-state index >= 15 is 0 Å². The van der Waals surface area contributed by atoms with Crippen molar-refractivity contribution in [2.24, 2.45) is 5.92 Å². The van der Waals surface area contributed by atoms with Crippen LogP contribution < -0.4 is 4.74 Å². The lowest BCUT2D eigenvalue weighted by Gasteiger charge is -2.34. The van der Waals surface area contributed by atoms with E-state index in [0.29, 0.717) is 18.4 Å². The first kappa shape index (κ1) is 17.8. The van der Waals surface area contributed by atoms with E-state index in [2.05, 4.69) is 4.98 Å². The Labute approximate surface area is 161 Å². The molecule has 1 N–H and O–H groups in total. The van der Waals surface area contributed by atoms with Crippen molar-refractivity contribution in [2.75, 3.05) is 6.61 Å². The van der Waals surface area contributed by atoms with Crippen molar-refractivity contribution < 1.29 is 19.4 Å². The second-order valence-electron chi connectivity index (χ2n) is 7.03. The van der Waals surface area contributed by atoms with Gasteiger partial charge in [-0.25, -0.2) is 9.78 Å². The lowest BCUT2D eigenvalue weighted by Crippen LogP contribution is -2.48. The summed E-state index contributed by atoms with van der Waals surface area (Å²) in [6, 6.07) is 8.15. The van der Waals surface area contributed by atoms with Crippen LogP contribution in [0.3, 0.4) is 0 Å². The van der Waals surface area contributed by atoms with E-state index in [1.807, 2.05) is 24.3 Å². The molecule has 2 aromatic rings. The van der Waals surface area contributed by atoms with Crippen molar-refractivity contribution in [1.82, 2.24) is 9.88 Å². The molecule has 1 unspecified atom stereocenters. The fourth-order valence-electron chi connectivity index (χ4n) is 3.25. The van der Waals surface area contributed by atoms with Crippen LogP contribution in [0.1, 0.15) is 34.3 Å². The lowest BCUT2D eigenvalue weighted by molar-refractivity contribution is -0.142. The Bertz CT molecular complexity index is 897. The highest BCUT2D eigenvalue weighted by Gasteiger charge is 2.35. The van der Waals surface area contributed by atoms with Crippen LogP contribution in [0.4, 0.5) is 0 Å². The first-order valence-corrected chi connectivity index (χ1v) is 9.29. The van der Waals surface area contributed by atoms with Gasteiger partial charge in [0.15, 0.2) is 0 Å². The average molecular weight is 387 g/mol. The molecular weight excluding hydrogens is 368 g/mol. The van der Waals surface area contributed by atoms with Gasteiger partial charge in [-0.05, 0) is 36.0 Å². The molecule has 140 valence electrons. The number of rotatable bonds is 5. The predicted octanol–water partition coefficient (Wildman–Crippen LogP) is 3.18. The molecule has 1 aromatic heterocycles.